The average Bonchev–Trinajstić information content (AvgIpc) is 3.81. The number of benzene rings is 6. The Kier molecular flexibility index (Phi) is 15.8. The van der Waals surface area contributed by atoms with Gasteiger partial charge >= 0.3 is 37.9 Å². The molecular formula is C54H58Cl2SiZr. The van der Waals surface area contributed by atoms with Crippen LogP contribution in [0.25, 0.3) is 65.7 Å². The van der Waals surface area contributed by atoms with Gasteiger partial charge in [0.1, 0.15) is 0 Å². The van der Waals surface area contributed by atoms with Crippen LogP contribution in [0.15, 0.2) is 146 Å². The molecule has 0 saturated heterocycles. The van der Waals surface area contributed by atoms with Crippen molar-refractivity contribution in [2.24, 2.45) is 0 Å². The molecule has 0 saturated carbocycles. The molecule has 296 valence electrons. The van der Waals surface area contributed by atoms with Crippen molar-refractivity contribution >= 4 is 58.9 Å². The van der Waals surface area contributed by atoms with E-state index in [1.165, 1.54) is 88.0 Å². The molecule has 0 aromatic heterocycles. The van der Waals surface area contributed by atoms with E-state index in [1.54, 1.807) is 0 Å². The Morgan fingerprint density at radius 2 is 1.02 bits per heavy atom. The summed E-state index contributed by atoms with van der Waals surface area (Å²) in [6, 6.07) is 54.0. The van der Waals surface area contributed by atoms with E-state index >= 15 is 0 Å². The Balaban J connectivity index is 0.000000201. The van der Waals surface area contributed by atoms with Gasteiger partial charge in [-0.1, -0.05) is 195 Å². The fraction of sp³-hybridized carbons (Fsp3) is 0.259. The number of hydrogen-bond donors (Lipinski definition) is 0. The third kappa shape index (κ3) is 11.2. The van der Waals surface area contributed by atoms with Crippen LogP contribution in [0, 0.1) is 6.92 Å². The molecular weight excluding hydrogens is 839 g/mol. The quantitative estimate of drug-likeness (QED) is 0.122. The van der Waals surface area contributed by atoms with Crippen LogP contribution in [0.4, 0.5) is 0 Å². The van der Waals surface area contributed by atoms with Gasteiger partial charge in [0.05, 0.1) is 0 Å². The summed E-state index contributed by atoms with van der Waals surface area (Å²) in [4.78, 5) is 0. The number of fused-ring (bicyclic) bond motifs is 3. The summed E-state index contributed by atoms with van der Waals surface area (Å²) in [6.45, 7) is 24.6. The minimum absolute atomic E-state index is 0.168. The molecule has 8 rings (SSSR count). The average molecular weight is 897 g/mol. The Morgan fingerprint density at radius 3 is 1.59 bits per heavy atom. The first-order valence-electron chi connectivity index (χ1n) is 20.2. The first-order chi connectivity index (χ1) is 27.6. The van der Waals surface area contributed by atoms with Crippen molar-refractivity contribution in [2.45, 2.75) is 92.2 Å². The molecule has 0 nitrogen and oxygen atoms in total. The molecule has 0 amide bonds. The molecule has 0 bridgehead atoms. The number of hydrogen-bond acceptors (Lipinski definition) is 0. The van der Waals surface area contributed by atoms with Crippen LogP contribution in [0.5, 0.6) is 0 Å². The Hall–Kier alpha value is -3.52. The first-order valence-corrected chi connectivity index (χ1v) is 28.6. The molecule has 0 aliphatic rings. The van der Waals surface area contributed by atoms with Crippen LogP contribution in [0.2, 0.25) is 13.1 Å². The van der Waals surface area contributed by atoms with Gasteiger partial charge in [0.15, 0.2) is 0 Å². The normalized spacial score (nSPS) is 11.3. The van der Waals surface area contributed by atoms with Gasteiger partial charge in [-0.2, -0.15) is 12.1 Å². The summed E-state index contributed by atoms with van der Waals surface area (Å²) in [6.07, 6.45) is 0. The molecule has 58 heavy (non-hydrogen) atoms. The van der Waals surface area contributed by atoms with Crippen LogP contribution in [0.1, 0.15) is 83.6 Å². The Labute approximate surface area is 370 Å². The molecule has 8 aromatic carbocycles. The topological polar surface area (TPSA) is 0 Å². The second-order valence-corrected chi connectivity index (χ2v) is 22.3. The van der Waals surface area contributed by atoms with E-state index in [-0.39, 0.29) is 10.8 Å². The second kappa shape index (κ2) is 20.2. The maximum atomic E-state index is 4.93. The standard InChI is InChI=1S/C30H33.C22H19.C2H6Si.2ClH.Zr/c1-20-16-24-18-23(21-8-12-25(13-9-21)29(2,3)4)19-28(27(24)17-20)22-10-14-26(15-11-22)30(5,6)7;1-15(2)18-13-17-9-6-12-21(22(17)14-18)20-11-5-8-16-7-3-4-10-19(16)20;1-3-2;;;/h8-19H,1-7H3;3-15H,1-2H3;1-2H3;2*1H;/q2*-1;;;;+4/p-2. The van der Waals surface area contributed by atoms with Crippen molar-refractivity contribution in [2.75, 3.05) is 0 Å². The monoisotopic (exact) mass is 894 g/mol. The summed E-state index contributed by atoms with van der Waals surface area (Å²) in [5, 5.41) is 7.99. The Morgan fingerprint density at radius 1 is 0.517 bits per heavy atom. The van der Waals surface area contributed by atoms with Gasteiger partial charge in [0.25, 0.3) is 0 Å². The summed E-state index contributed by atoms with van der Waals surface area (Å²) in [7, 11) is 11.0. The minimum atomic E-state index is -0.826. The van der Waals surface area contributed by atoms with Crippen LogP contribution in [-0.4, -0.2) is 9.52 Å². The fourth-order valence-electron chi connectivity index (χ4n) is 7.48. The van der Waals surface area contributed by atoms with Gasteiger partial charge in [-0.25, -0.2) is 0 Å². The van der Waals surface area contributed by atoms with Gasteiger partial charge in [0.2, 0.25) is 0 Å². The van der Waals surface area contributed by atoms with Gasteiger partial charge in [-0.05, 0) is 55.3 Å². The zero-order valence-corrected chi connectivity index (χ0v) is 41.2. The van der Waals surface area contributed by atoms with E-state index in [0.29, 0.717) is 5.92 Å². The van der Waals surface area contributed by atoms with Crippen molar-refractivity contribution in [3.05, 3.63) is 168 Å². The van der Waals surface area contributed by atoms with E-state index in [2.05, 4.69) is 221 Å². The third-order valence-corrected chi connectivity index (χ3v) is 10.6. The number of aryl methyl sites for hydroxylation is 1. The van der Waals surface area contributed by atoms with Gasteiger partial charge in [0, 0.05) is 9.52 Å². The van der Waals surface area contributed by atoms with Gasteiger partial charge in [-0.3, -0.25) is 0 Å². The van der Waals surface area contributed by atoms with E-state index in [0.717, 1.165) is 9.52 Å². The first kappa shape index (κ1) is 45.6. The summed E-state index contributed by atoms with van der Waals surface area (Å²) < 4.78 is 0. The number of halogens is 2. The molecule has 0 atom stereocenters. The number of rotatable bonds is 4. The van der Waals surface area contributed by atoms with Crippen molar-refractivity contribution in [1.29, 1.82) is 0 Å². The van der Waals surface area contributed by atoms with E-state index in [4.69, 9.17) is 17.0 Å². The predicted octanol–water partition coefficient (Wildman–Crippen LogP) is 17.5. The van der Waals surface area contributed by atoms with Crippen molar-refractivity contribution in [1.82, 2.24) is 0 Å². The zero-order valence-electron chi connectivity index (χ0n) is 36.2. The molecule has 0 unspecified atom stereocenters. The van der Waals surface area contributed by atoms with Crippen molar-refractivity contribution in [3.63, 3.8) is 0 Å². The van der Waals surface area contributed by atoms with E-state index < -0.39 is 20.8 Å². The van der Waals surface area contributed by atoms with Crippen LogP contribution >= 0.6 is 17.0 Å². The molecule has 0 aliphatic carbocycles. The molecule has 0 heterocycles. The molecule has 2 radical (unpaired) electrons. The SMILES string of the molecule is CC(C)c1cc2c(-c3cccc4ccccc34)cccc2[cH-]1.C[Si]C.Cc1cc2c(-c3ccc(C(C)(C)C)cc3)cc(-c3ccc(C(C)(C)C)cc3)cc2[cH-]1.[Cl][Zr+2][Cl]. The van der Waals surface area contributed by atoms with E-state index in [1.807, 2.05) is 0 Å². The Bertz CT molecular complexity index is 2530. The summed E-state index contributed by atoms with van der Waals surface area (Å²) in [5.41, 5.74) is 13.6. The van der Waals surface area contributed by atoms with Gasteiger partial charge in [-0.15, -0.1) is 63.0 Å². The summed E-state index contributed by atoms with van der Waals surface area (Å²) >= 11 is -0.826. The fourth-order valence-corrected chi connectivity index (χ4v) is 7.48. The van der Waals surface area contributed by atoms with Crippen molar-refractivity contribution in [3.8, 4) is 33.4 Å². The molecule has 4 heteroatoms. The molecule has 0 spiro atoms. The zero-order chi connectivity index (χ0) is 42.2. The van der Waals surface area contributed by atoms with E-state index in [9.17, 15) is 0 Å². The molecule has 8 aromatic rings. The summed E-state index contributed by atoms with van der Waals surface area (Å²) in [5.74, 6) is 0.563. The molecule has 0 N–H and O–H groups in total. The van der Waals surface area contributed by atoms with Crippen LogP contribution in [0.3, 0.4) is 0 Å². The maximum absolute atomic E-state index is 4.93. The second-order valence-electron chi connectivity index (χ2n) is 17.6. The van der Waals surface area contributed by atoms with Crippen LogP contribution < -0.4 is 0 Å². The van der Waals surface area contributed by atoms with Gasteiger partial charge < -0.3 is 0 Å². The predicted molar refractivity (Wildman–Crippen MR) is 258 cm³/mol. The van der Waals surface area contributed by atoms with Crippen LogP contribution in [-0.2, 0) is 31.7 Å². The van der Waals surface area contributed by atoms with Crippen molar-refractivity contribution < 1.29 is 20.8 Å². The molecule has 0 fully saturated rings. The third-order valence-electron chi connectivity index (χ3n) is 10.6. The molecule has 0 aliphatic heterocycles.